The molecule has 0 spiro atoms. The summed E-state index contributed by atoms with van der Waals surface area (Å²) in [6.45, 7) is 4.00. The molecule has 0 radical (unpaired) electrons. The number of nitrogens with zero attached hydrogens (tertiary/aromatic N) is 1. The minimum absolute atomic E-state index is 0.0528. The highest BCUT2D eigenvalue weighted by molar-refractivity contribution is 6.30. The molecule has 5 nitrogen and oxygen atoms in total. The van der Waals surface area contributed by atoms with Gasteiger partial charge in [0.1, 0.15) is 0 Å². The highest BCUT2D eigenvalue weighted by Crippen LogP contribution is 2.35. The Kier molecular flexibility index (Phi) is 5.71. The van der Waals surface area contributed by atoms with E-state index >= 15 is 0 Å². The zero-order valence-electron chi connectivity index (χ0n) is 15.4. The molecule has 6 heteroatoms. The Morgan fingerprint density at radius 3 is 2.44 bits per heavy atom. The number of primary amides is 1. The van der Waals surface area contributed by atoms with Crippen molar-refractivity contribution in [2.75, 3.05) is 13.1 Å². The normalized spacial score (nSPS) is 16.0. The van der Waals surface area contributed by atoms with Gasteiger partial charge in [-0.15, -0.1) is 0 Å². The fraction of sp³-hybridized carbons (Fsp3) is 0.333. The standard InChI is InChI=1S/C21H24ClN3O2/c1-21(17-5-7-18(22)8-6-17)9-11-25(12-10-21)20(27)24-14-15-3-2-4-16(13-15)19(23)26/h2-8,13H,9-12,14H2,1H3,(H2,23,26)(H,24,27). The lowest BCUT2D eigenvalue weighted by Gasteiger charge is -2.39. The highest BCUT2D eigenvalue weighted by atomic mass is 35.5. The molecule has 1 aliphatic rings. The van der Waals surface area contributed by atoms with E-state index in [1.165, 1.54) is 5.56 Å². The highest BCUT2D eigenvalue weighted by Gasteiger charge is 2.33. The zero-order valence-corrected chi connectivity index (χ0v) is 16.1. The summed E-state index contributed by atoms with van der Waals surface area (Å²) in [5, 5.41) is 3.66. The maximum absolute atomic E-state index is 12.5. The number of benzene rings is 2. The van der Waals surface area contributed by atoms with E-state index in [4.69, 9.17) is 17.3 Å². The van der Waals surface area contributed by atoms with Gasteiger partial charge >= 0.3 is 6.03 Å². The summed E-state index contributed by atoms with van der Waals surface area (Å²) in [4.78, 5) is 25.6. The molecule has 3 rings (SSSR count). The molecule has 3 amide bonds. The van der Waals surface area contributed by atoms with Gasteiger partial charge in [0.2, 0.25) is 5.91 Å². The third-order valence-corrected chi connectivity index (χ3v) is 5.60. The van der Waals surface area contributed by atoms with Gasteiger partial charge in [0.25, 0.3) is 0 Å². The van der Waals surface area contributed by atoms with Crippen molar-refractivity contribution in [2.24, 2.45) is 5.73 Å². The molecule has 3 N–H and O–H groups in total. The molecule has 0 aromatic heterocycles. The Balaban J connectivity index is 1.55. The predicted molar refractivity (Wildman–Crippen MR) is 107 cm³/mol. The Morgan fingerprint density at radius 1 is 1.15 bits per heavy atom. The molecule has 1 aliphatic heterocycles. The Labute approximate surface area is 164 Å². The first-order valence-electron chi connectivity index (χ1n) is 9.05. The summed E-state index contributed by atoms with van der Waals surface area (Å²) in [7, 11) is 0. The van der Waals surface area contributed by atoms with Crippen molar-refractivity contribution in [1.82, 2.24) is 10.2 Å². The van der Waals surface area contributed by atoms with Gasteiger partial charge in [-0.25, -0.2) is 4.79 Å². The fourth-order valence-corrected chi connectivity index (χ4v) is 3.59. The van der Waals surface area contributed by atoms with Crippen LogP contribution in [0.15, 0.2) is 48.5 Å². The summed E-state index contributed by atoms with van der Waals surface area (Å²) in [6.07, 6.45) is 1.80. The van der Waals surface area contributed by atoms with Gasteiger partial charge in [0.15, 0.2) is 0 Å². The topological polar surface area (TPSA) is 75.4 Å². The number of likely N-dealkylation sites (tertiary alicyclic amines) is 1. The second kappa shape index (κ2) is 8.01. The van der Waals surface area contributed by atoms with Crippen molar-refractivity contribution in [3.05, 3.63) is 70.2 Å². The van der Waals surface area contributed by atoms with Crippen LogP contribution in [0, 0.1) is 0 Å². The second-order valence-electron chi connectivity index (χ2n) is 7.28. The second-order valence-corrected chi connectivity index (χ2v) is 7.71. The van der Waals surface area contributed by atoms with E-state index in [1.807, 2.05) is 23.1 Å². The number of halogens is 1. The maximum atomic E-state index is 12.5. The molecular formula is C21H24ClN3O2. The Morgan fingerprint density at radius 2 is 1.81 bits per heavy atom. The van der Waals surface area contributed by atoms with Crippen LogP contribution in [0.3, 0.4) is 0 Å². The van der Waals surface area contributed by atoms with Gasteiger partial charge in [-0.1, -0.05) is 42.8 Å². The van der Waals surface area contributed by atoms with Gasteiger partial charge in [-0.05, 0) is 53.6 Å². The largest absolute Gasteiger partial charge is 0.366 e. The first-order chi connectivity index (χ1) is 12.9. The Hall–Kier alpha value is -2.53. The number of carbonyl (C=O) groups is 2. The zero-order chi connectivity index (χ0) is 19.4. The summed E-state index contributed by atoms with van der Waals surface area (Å²) in [5.74, 6) is -0.472. The number of hydrogen-bond acceptors (Lipinski definition) is 2. The molecule has 0 saturated carbocycles. The number of urea groups is 1. The third-order valence-electron chi connectivity index (χ3n) is 5.35. The first-order valence-corrected chi connectivity index (χ1v) is 9.43. The molecule has 0 atom stereocenters. The van der Waals surface area contributed by atoms with Crippen molar-refractivity contribution in [2.45, 2.75) is 31.7 Å². The number of piperidine rings is 1. The van der Waals surface area contributed by atoms with Crippen LogP contribution in [-0.2, 0) is 12.0 Å². The molecule has 1 heterocycles. The summed E-state index contributed by atoms with van der Waals surface area (Å²) < 4.78 is 0. The van der Waals surface area contributed by atoms with Crippen molar-refractivity contribution >= 4 is 23.5 Å². The molecule has 27 heavy (non-hydrogen) atoms. The minimum Gasteiger partial charge on any atom is -0.366 e. The SMILES string of the molecule is CC1(c2ccc(Cl)cc2)CCN(C(=O)NCc2cccc(C(N)=O)c2)CC1. The number of nitrogens with two attached hydrogens (primary N) is 1. The maximum Gasteiger partial charge on any atom is 0.317 e. The van der Waals surface area contributed by atoms with Crippen molar-refractivity contribution in [1.29, 1.82) is 0 Å². The molecule has 2 aromatic rings. The summed E-state index contributed by atoms with van der Waals surface area (Å²) in [5.41, 5.74) is 7.90. The van der Waals surface area contributed by atoms with Crippen LogP contribution in [0.5, 0.6) is 0 Å². The van der Waals surface area contributed by atoms with Crippen LogP contribution in [0.1, 0.15) is 41.3 Å². The van der Waals surface area contributed by atoms with Crippen LogP contribution in [0.4, 0.5) is 4.79 Å². The molecule has 142 valence electrons. The number of amides is 3. The molecule has 1 fully saturated rings. The lowest BCUT2D eigenvalue weighted by atomic mass is 9.74. The molecular weight excluding hydrogens is 362 g/mol. The smallest absolute Gasteiger partial charge is 0.317 e. The minimum atomic E-state index is -0.472. The van der Waals surface area contributed by atoms with E-state index in [-0.39, 0.29) is 11.4 Å². The van der Waals surface area contributed by atoms with E-state index in [1.54, 1.807) is 18.2 Å². The summed E-state index contributed by atoms with van der Waals surface area (Å²) >= 11 is 5.99. The van der Waals surface area contributed by atoms with Crippen LogP contribution >= 0.6 is 11.6 Å². The quantitative estimate of drug-likeness (QED) is 0.841. The van der Waals surface area contributed by atoms with Crippen LogP contribution in [0.25, 0.3) is 0 Å². The average Bonchev–Trinajstić information content (AvgIpc) is 2.67. The monoisotopic (exact) mass is 385 g/mol. The molecule has 2 aromatic carbocycles. The Bertz CT molecular complexity index is 828. The lowest BCUT2D eigenvalue weighted by molar-refractivity contribution is 0.1000. The van der Waals surface area contributed by atoms with Gasteiger partial charge in [0, 0.05) is 30.2 Å². The van der Waals surface area contributed by atoms with Gasteiger partial charge in [-0.3, -0.25) is 4.79 Å². The third kappa shape index (κ3) is 4.61. The van der Waals surface area contributed by atoms with Crippen molar-refractivity contribution < 1.29 is 9.59 Å². The van der Waals surface area contributed by atoms with Gasteiger partial charge < -0.3 is 16.0 Å². The van der Waals surface area contributed by atoms with E-state index in [2.05, 4.69) is 24.4 Å². The van der Waals surface area contributed by atoms with Crippen LogP contribution in [-0.4, -0.2) is 29.9 Å². The first kappa shape index (κ1) is 19.2. The fourth-order valence-electron chi connectivity index (χ4n) is 3.47. The number of nitrogens with one attached hydrogen (secondary N) is 1. The molecule has 0 aliphatic carbocycles. The van der Waals surface area contributed by atoms with Crippen molar-refractivity contribution in [3.63, 3.8) is 0 Å². The van der Waals surface area contributed by atoms with Crippen molar-refractivity contribution in [3.8, 4) is 0 Å². The van der Waals surface area contributed by atoms with E-state index in [0.29, 0.717) is 25.2 Å². The van der Waals surface area contributed by atoms with Crippen LogP contribution in [0.2, 0.25) is 5.02 Å². The molecule has 0 unspecified atom stereocenters. The van der Waals surface area contributed by atoms with Gasteiger partial charge in [-0.2, -0.15) is 0 Å². The molecule has 0 bridgehead atoms. The van der Waals surface area contributed by atoms with Crippen LogP contribution < -0.4 is 11.1 Å². The van der Waals surface area contributed by atoms with E-state index in [0.717, 1.165) is 23.4 Å². The van der Waals surface area contributed by atoms with Gasteiger partial charge in [0.05, 0.1) is 0 Å². The number of carbonyl (C=O) groups excluding carboxylic acids is 2. The number of rotatable bonds is 4. The predicted octanol–water partition coefficient (Wildman–Crippen LogP) is 3.70. The lowest BCUT2D eigenvalue weighted by Crippen LogP contribution is -2.47. The van der Waals surface area contributed by atoms with E-state index < -0.39 is 5.91 Å². The van der Waals surface area contributed by atoms with E-state index in [9.17, 15) is 9.59 Å². The molecule has 1 saturated heterocycles. The number of hydrogen-bond donors (Lipinski definition) is 2. The average molecular weight is 386 g/mol. The summed E-state index contributed by atoms with van der Waals surface area (Å²) in [6, 6.07) is 14.9.